The van der Waals surface area contributed by atoms with Gasteiger partial charge in [0, 0.05) is 11.6 Å². The van der Waals surface area contributed by atoms with Gasteiger partial charge >= 0.3 is 0 Å². The van der Waals surface area contributed by atoms with Crippen molar-refractivity contribution in [2.75, 3.05) is 32.5 Å². The molecular formula is C16H18BrClN2O4S2. The lowest BCUT2D eigenvalue weighted by atomic mass is 10.00. The molecule has 2 heterocycles. The van der Waals surface area contributed by atoms with Gasteiger partial charge in [-0.25, -0.2) is 8.42 Å². The number of thiophene rings is 1. The van der Waals surface area contributed by atoms with Gasteiger partial charge in [-0.15, -0.1) is 11.3 Å². The Morgan fingerprint density at radius 2 is 2.15 bits per heavy atom. The highest BCUT2D eigenvalue weighted by Crippen LogP contribution is 2.42. The molecule has 1 N–H and O–H groups in total. The Balaban J connectivity index is 1.99. The van der Waals surface area contributed by atoms with Crippen LogP contribution >= 0.6 is 38.9 Å². The molecule has 1 aromatic heterocycles. The molecule has 10 heteroatoms. The van der Waals surface area contributed by atoms with E-state index in [-0.39, 0.29) is 10.3 Å². The first-order valence-corrected chi connectivity index (χ1v) is 11.2. The second kappa shape index (κ2) is 7.55. The summed E-state index contributed by atoms with van der Waals surface area (Å²) < 4.78 is 40.4. The molecule has 0 saturated heterocycles. The average molecular weight is 482 g/mol. The van der Waals surface area contributed by atoms with Crippen LogP contribution in [0.3, 0.4) is 0 Å². The molecule has 1 aromatic carbocycles. The number of nitrogens with zero attached hydrogens (tertiary/aromatic N) is 1. The van der Waals surface area contributed by atoms with E-state index < -0.39 is 10.0 Å². The number of sulfonamides is 1. The van der Waals surface area contributed by atoms with E-state index in [1.165, 1.54) is 0 Å². The van der Waals surface area contributed by atoms with E-state index in [2.05, 4.69) is 25.6 Å². The maximum Gasteiger partial charge on any atom is 0.272 e. The Morgan fingerprint density at radius 1 is 1.42 bits per heavy atom. The van der Waals surface area contributed by atoms with Crippen LogP contribution < -0.4 is 14.2 Å². The van der Waals surface area contributed by atoms with Crippen LogP contribution in [0.1, 0.15) is 5.56 Å². The first-order valence-electron chi connectivity index (χ1n) is 7.69. The summed E-state index contributed by atoms with van der Waals surface area (Å²) in [5.74, 6) is 1.18. The molecule has 0 spiro atoms. The van der Waals surface area contributed by atoms with Crippen LogP contribution in [0.4, 0.5) is 5.69 Å². The van der Waals surface area contributed by atoms with E-state index in [0.717, 1.165) is 16.9 Å². The lowest BCUT2D eigenvalue weighted by molar-refractivity contribution is 0.164. The minimum absolute atomic E-state index is 0.119. The second-order valence-electron chi connectivity index (χ2n) is 6.05. The summed E-state index contributed by atoms with van der Waals surface area (Å²) in [4.78, 5) is 2.07. The number of ether oxygens (including phenoxy) is 2. The van der Waals surface area contributed by atoms with Gasteiger partial charge in [0.15, 0.2) is 4.21 Å². The number of halogens is 2. The number of hydrogen-bond donors (Lipinski definition) is 1. The smallest absolute Gasteiger partial charge is 0.272 e. The number of rotatable bonds is 5. The highest BCUT2D eigenvalue weighted by molar-refractivity contribution is 9.10. The van der Waals surface area contributed by atoms with Crippen LogP contribution in [0.5, 0.6) is 11.5 Å². The van der Waals surface area contributed by atoms with E-state index in [4.69, 9.17) is 21.1 Å². The molecule has 1 aliphatic heterocycles. The zero-order valence-corrected chi connectivity index (χ0v) is 18.4. The molecule has 3 rings (SSSR count). The quantitative estimate of drug-likeness (QED) is 0.703. The molecule has 0 saturated carbocycles. The predicted octanol–water partition coefficient (Wildman–Crippen LogP) is 3.84. The van der Waals surface area contributed by atoms with Gasteiger partial charge < -0.3 is 14.4 Å². The van der Waals surface area contributed by atoms with Crippen LogP contribution in [0, 0.1) is 0 Å². The van der Waals surface area contributed by atoms with Crippen LogP contribution in [0.15, 0.2) is 26.9 Å². The minimum Gasteiger partial charge on any atom is -0.496 e. The predicted molar refractivity (Wildman–Crippen MR) is 108 cm³/mol. The largest absolute Gasteiger partial charge is 0.496 e. The first kappa shape index (κ1) is 19.8. The third-order valence-corrected chi connectivity index (χ3v) is 8.46. The number of fused-ring (bicyclic) bond motifs is 1. The van der Waals surface area contributed by atoms with Crippen molar-refractivity contribution in [3.05, 3.63) is 32.6 Å². The van der Waals surface area contributed by atoms with Crippen LogP contribution in [0.25, 0.3) is 0 Å². The van der Waals surface area contributed by atoms with Gasteiger partial charge in [-0.2, -0.15) is 0 Å². The van der Waals surface area contributed by atoms with E-state index in [0.29, 0.717) is 39.0 Å². The fraction of sp³-hybridized carbons (Fsp3) is 0.375. The van der Waals surface area contributed by atoms with Crippen molar-refractivity contribution < 1.29 is 17.9 Å². The molecule has 0 radical (unpaired) electrons. The van der Waals surface area contributed by atoms with Gasteiger partial charge in [-0.05, 0) is 54.6 Å². The topological polar surface area (TPSA) is 67.9 Å². The van der Waals surface area contributed by atoms with Gasteiger partial charge in [-0.3, -0.25) is 4.72 Å². The summed E-state index contributed by atoms with van der Waals surface area (Å²) in [7, 11) is 1.75. The molecule has 0 fully saturated rings. The minimum atomic E-state index is -3.80. The molecule has 142 valence electrons. The lowest BCUT2D eigenvalue weighted by Gasteiger charge is -2.32. The lowest BCUT2D eigenvalue weighted by Crippen LogP contribution is -2.38. The number of benzene rings is 1. The van der Waals surface area contributed by atoms with Gasteiger partial charge in [0.2, 0.25) is 0 Å². The molecule has 0 bridgehead atoms. The molecule has 26 heavy (non-hydrogen) atoms. The molecule has 6 nitrogen and oxygen atoms in total. The van der Waals surface area contributed by atoms with E-state index >= 15 is 0 Å². The number of hydrogen-bond acceptors (Lipinski definition) is 6. The van der Waals surface area contributed by atoms with E-state index in [9.17, 15) is 8.42 Å². The van der Waals surface area contributed by atoms with Crippen molar-refractivity contribution >= 4 is 54.6 Å². The second-order valence-corrected chi connectivity index (χ2v) is 10.5. The third kappa shape index (κ3) is 3.82. The third-order valence-electron chi connectivity index (χ3n) is 4.14. The van der Waals surface area contributed by atoms with Crippen molar-refractivity contribution in [3.8, 4) is 11.5 Å². The molecule has 1 aliphatic rings. The highest BCUT2D eigenvalue weighted by atomic mass is 79.9. The normalized spacial score (nSPS) is 16.9. The monoisotopic (exact) mass is 480 g/mol. The van der Waals surface area contributed by atoms with Crippen molar-refractivity contribution in [1.29, 1.82) is 0 Å². The Hall–Kier alpha value is -1.00. The average Bonchev–Trinajstić information content (AvgIpc) is 2.93. The standard InChI is InChI=1S/C16H18BrClN2O4S2/c1-20(2)9-6-10-13(23-3)5-4-12(15(10)24-8-9)19-26(21,22)16-11(17)7-14(18)25-16/h4-5,7,9,19H,6,8H2,1-3H3/t9-/m1/s1. The van der Waals surface area contributed by atoms with Gasteiger partial charge in [0.1, 0.15) is 18.1 Å². The number of nitrogens with one attached hydrogen (secondary N) is 1. The van der Waals surface area contributed by atoms with Crippen molar-refractivity contribution in [1.82, 2.24) is 4.90 Å². The zero-order valence-electron chi connectivity index (χ0n) is 14.4. The molecule has 2 aromatic rings. The molecular weight excluding hydrogens is 464 g/mol. The number of methoxy groups -OCH3 is 1. The molecule has 1 atom stereocenters. The Bertz CT molecular complexity index is 931. The summed E-state index contributed by atoms with van der Waals surface area (Å²) in [6.07, 6.45) is 0.704. The first-order chi connectivity index (χ1) is 12.2. The molecule has 0 unspecified atom stereocenters. The SMILES string of the molecule is COc1ccc(NS(=O)(=O)c2sc(Cl)cc2Br)c2c1C[C@@H](N(C)C)CO2. The van der Waals surface area contributed by atoms with Crippen LogP contribution in [-0.4, -0.2) is 47.2 Å². The summed E-state index contributed by atoms with van der Waals surface area (Å²) in [5.41, 5.74) is 1.23. The van der Waals surface area contributed by atoms with Crippen molar-refractivity contribution in [2.45, 2.75) is 16.7 Å². The van der Waals surface area contributed by atoms with Crippen molar-refractivity contribution in [3.63, 3.8) is 0 Å². The van der Waals surface area contributed by atoms with Crippen molar-refractivity contribution in [2.24, 2.45) is 0 Å². The van der Waals surface area contributed by atoms with Crippen LogP contribution in [-0.2, 0) is 16.4 Å². The summed E-state index contributed by atoms with van der Waals surface area (Å²) in [6.45, 7) is 0.469. The summed E-state index contributed by atoms with van der Waals surface area (Å²) >= 11 is 10.1. The fourth-order valence-corrected chi connectivity index (χ4v) is 6.82. The number of likely N-dealkylation sites (N-methyl/N-ethyl adjacent to an activating group) is 1. The Morgan fingerprint density at radius 3 is 2.73 bits per heavy atom. The summed E-state index contributed by atoms with van der Waals surface area (Å²) in [6, 6.07) is 5.14. The summed E-state index contributed by atoms with van der Waals surface area (Å²) in [5, 5.41) is 0. The Labute approximate surface area is 170 Å². The fourth-order valence-electron chi connectivity index (χ4n) is 2.74. The molecule has 0 amide bonds. The zero-order chi connectivity index (χ0) is 19.1. The van der Waals surface area contributed by atoms with Crippen LogP contribution in [0.2, 0.25) is 4.34 Å². The molecule has 0 aliphatic carbocycles. The van der Waals surface area contributed by atoms with E-state index in [1.54, 1.807) is 25.3 Å². The van der Waals surface area contributed by atoms with E-state index in [1.807, 2.05) is 14.1 Å². The van der Waals surface area contributed by atoms with Gasteiger partial charge in [-0.1, -0.05) is 11.6 Å². The maximum absolute atomic E-state index is 12.8. The van der Waals surface area contributed by atoms with Gasteiger partial charge in [0.05, 0.1) is 21.6 Å². The highest BCUT2D eigenvalue weighted by Gasteiger charge is 2.29. The Kier molecular flexibility index (Phi) is 5.74. The number of anilines is 1. The van der Waals surface area contributed by atoms with Gasteiger partial charge in [0.25, 0.3) is 10.0 Å². The maximum atomic E-state index is 12.8.